The lowest BCUT2D eigenvalue weighted by molar-refractivity contribution is -0.120. The van der Waals surface area contributed by atoms with Crippen molar-refractivity contribution in [1.82, 2.24) is 5.32 Å². The van der Waals surface area contributed by atoms with Crippen LogP contribution >= 0.6 is 15.9 Å². The Hall–Kier alpha value is -0.0900. The molecule has 0 fully saturated rings. The van der Waals surface area contributed by atoms with Crippen molar-refractivity contribution >= 4 is 21.8 Å². The molecule has 0 aliphatic heterocycles. The fourth-order valence-electron chi connectivity index (χ4n) is 0.962. The maximum atomic E-state index is 10.9. The van der Waals surface area contributed by atoms with Crippen molar-refractivity contribution in [2.45, 2.75) is 44.0 Å². The van der Waals surface area contributed by atoms with Gasteiger partial charge < -0.3 is 5.73 Å². The highest BCUT2D eigenvalue weighted by Gasteiger charge is 2.25. The first-order valence-electron chi connectivity index (χ1n) is 4.74. The van der Waals surface area contributed by atoms with E-state index < -0.39 is 4.45 Å². The maximum Gasteiger partial charge on any atom is 0.248 e. The summed E-state index contributed by atoms with van der Waals surface area (Å²) in [6.07, 6.45) is 4.76. The van der Waals surface area contributed by atoms with E-state index in [1.54, 1.807) is 6.92 Å². The fourth-order valence-corrected chi connectivity index (χ4v) is 1.16. The number of nitrogens with two attached hydrogens (primary N) is 1. The second-order valence-corrected chi connectivity index (χ2v) is 4.94. The van der Waals surface area contributed by atoms with Crippen molar-refractivity contribution in [2.75, 3.05) is 6.54 Å². The lowest BCUT2D eigenvalue weighted by atomic mass is 10.2. The molecule has 0 saturated heterocycles. The van der Waals surface area contributed by atoms with E-state index in [9.17, 15) is 4.79 Å². The van der Waals surface area contributed by atoms with Crippen LogP contribution in [0.1, 0.15) is 39.5 Å². The number of nitrogens with one attached hydrogen (secondary N) is 1. The Kier molecular flexibility index (Phi) is 6.33. The van der Waals surface area contributed by atoms with E-state index in [1.165, 1.54) is 19.3 Å². The zero-order valence-corrected chi connectivity index (χ0v) is 9.99. The number of hydrogen-bond acceptors (Lipinski definition) is 2. The van der Waals surface area contributed by atoms with Crippen molar-refractivity contribution in [1.29, 1.82) is 0 Å². The monoisotopic (exact) mass is 250 g/mol. The van der Waals surface area contributed by atoms with Crippen molar-refractivity contribution in [3.05, 3.63) is 0 Å². The summed E-state index contributed by atoms with van der Waals surface area (Å²) in [5.74, 6) is -0.372. The van der Waals surface area contributed by atoms with Gasteiger partial charge in [-0.05, 0) is 19.9 Å². The first-order valence-corrected chi connectivity index (χ1v) is 5.54. The molecule has 0 spiro atoms. The number of carbonyl (C=O) groups is 1. The first kappa shape index (κ1) is 12.9. The maximum absolute atomic E-state index is 10.9. The molecule has 3 N–H and O–H groups in total. The van der Waals surface area contributed by atoms with Gasteiger partial charge in [-0.2, -0.15) is 0 Å². The summed E-state index contributed by atoms with van der Waals surface area (Å²) in [4.78, 5) is 10.9. The molecule has 0 rings (SSSR count). The van der Waals surface area contributed by atoms with Crippen molar-refractivity contribution in [2.24, 2.45) is 5.73 Å². The average molecular weight is 251 g/mol. The highest BCUT2D eigenvalue weighted by molar-refractivity contribution is 9.10. The van der Waals surface area contributed by atoms with Gasteiger partial charge in [-0.25, -0.2) is 0 Å². The molecule has 13 heavy (non-hydrogen) atoms. The molecule has 0 aliphatic carbocycles. The third-order valence-corrected chi connectivity index (χ3v) is 2.62. The summed E-state index contributed by atoms with van der Waals surface area (Å²) < 4.78 is -0.751. The van der Waals surface area contributed by atoms with E-state index in [1.807, 2.05) is 0 Å². The minimum atomic E-state index is -0.751. The molecule has 1 unspecified atom stereocenters. The van der Waals surface area contributed by atoms with Crippen molar-refractivity contribution in [3.63, 3.8) is 0 Å². The van der Waals surface area contributed by atoms with Gasteiger partial charge in [0.1, 0.15) is 0 Å². The van der Waals surface area contributed by atoms with Gasteiger partial charge >= 0.3 is 0 Å². The average Bonchev–Trinajstić information content (AvgIpc) is 2.03. The highest BCUT2D eigenvalue weighted by atomic mass is 79.9. The Morgan fingerprint density at radius 2 is 2.08 bits per heavy atom. The molecule has 0 aromatic heterocycles. The van der Waals surface area contributed by atoms with Crippen LogP contribution in [-0.2, 0) is 4.79 Å². The van der Waals surface area contributed by atoms with E-state index in [-0.39, 0.29) is 5.91 Å². The Morgan fingerprint density at radius 1 is 1.46 bits per heavy atom. The molecule has 1 amide bonds. The SMILES string of the molecule is CCCCCCNC(C)(Br)C(N)=O. The Labute approximate surface area is 88.6 Å². The summed E-state index contributed by atoms with van der Waals surface area (Å²) >= 11 is 3.23. The Bertz CT molecular complexity index is 160. The van der Waals surface area contributed by atoms with Gasteiger partial charge in [-0.1, -0.05) is 42.1 Å². The third kappa shape index (κ3) is 6.05. The number of primary amides is 1. The number of carbonyl (C=O) groups excluding carboxylic acids is 1. The number of alkyl halides is 1. The standard InChI is InChI=1S/C9H19BrN2O/c1-3-4-5-6-7-12-9(2,10)8(11)13/h12H,3-7H2,1-2H3,(H2,11,13). The molecular weight excluding hydrogens is 232 g/mol. The van der Waals surface area contributed by atoms with Crippen LogP contribution < -0.4 is 11.1 Å². The van der Waals surface area contributed by atoms with Gasteiger partial charge in [-0.3, -0.25) is 10.1 Å². The summed E-state index contributed by atoms with van der Waals surface area (Å²) in [7, 11) is 0. The largest absolute Gasteiger partial charge is 0.367 e. The van der Waals surface area contributed by atoms with E-state index in [4.69, 9.17) is 5.73 Å². The van der Waals surface area contributed by atoms with E-state index in [2.05, 4.69) is 28.2 Å². The van der Waals surface area contributed by atoms with Crippen molar-refractivity contribution in [3.8, 4) is 0 Å². The number of unbranched alkanes of at least 4 members (excludes halogenated alkanes) is 3. The van der Waals surface area contributed by atoms with Crippen LogP contribution in [0.15, 0.2) is 0 Å². The molecule has 0 radical (unpaired) electrons. The van der Waals surface area contributed by atoms with Crippen LogP contribution in [0.4, 0.5) is 0 Å². The van der Waals surface area contributed by atoms with E-state index in [0.717, 1.165) is 13.0 Å². The van der Waals surface area contributed by atoms with Gasteiger partial charge in [0.05, 0.1) is 0 Å². The van der Waals surface area contributed by atoms with Gasteiger partial charge in [0, 0.05) is 0 Å². The fraction of sp³-hybridized carbons (Fsp3) is 0.889. The number of halogens is 1. The number of hydrogen-bond donors (Lipinski definition) is 2. The van der Waals surface area contributed by atoms with Gasteiger partial charge in [0.2, 0.25) is 5.91 Å². The zero-order chi connectivity index (χ0) is 10.3. The summed E-state index contributed by atoms with van der Waals surface area (Å²) in [6.45, 7) is 4.73. The van der Waals surface area contributed by atoms with E-state index in [0.29, 0.717) is 0 Å². The minimum absolute atomic E-state index is 0.372. The molecule has 0 heterocycles. The summed E-state index contributed by atoms with van der Waals surface area (Å²) in [5, 5.41) is 3.06. The number of amides is 1. The first-order chi connectivity index (χ1) is 6.00. The Balaban J connectivity index is 3.46. The molecular formula is C9H19BrN2O. The van der Waals surface area contributed by atoms with E-state index >= 15 is 0 Å². The quantitative estimate of drug-likeness (QED) is 0.411. The van der Waals surface area contributed by atoms with Crippen LogP contribution in [0.5, 0.6) is 0 Å². The lowest BCUT2D eigenvalue weighted by Crippen LogP contribution is -2.48. The number of rotatable bonds is 7. The molecule has 0 bridgehead atoms. The van der Waals surface area contributed by atoms with Crippen LogP contribution in [-0.4, -0.2) is 16.9 Å². The normalized spacial score (nSPS) is 15.3. The molecule has 0 aliphatic rings. The molecule has 0 saturated carbocycles. The van der Waals surface area contributed by atoms with Crippen molar-refractivity contribution < 1.29 is 4.79 Å². The van der Waals surface area contributed by atoms with Gasteiger partial charge in [-0.15, -0.1) is 0 Å². The van der Waals surface area contributed by atoms with Crippen LogP contribution in [0.25, 0.3) is 0 Å². The van der Waals surface area contributed by atoms with Crippen LogP contribution in [0.2, 0.25) is 0 Å². The lowest BCUT2D eigenvalue weighted by Gasteiger charge is -2.19. The molecule has 0 aromatic rings. The second-order valence-electron chi connectivity index (χ2n) is 3.35. The predicted octanol–water partition coefficient (Wildman–Crippen LogP) is 1.75. The predicted molar refractivity (Wildman–Crippen MR) is 58.7 cm³/mol. The van der Waals surface area contributed by atoms with Gasteiger partial charge in [0.25, 0.3) is 0 Å². The zero-order valence-electron chi connectivity index (χ0n) is 8.40. The minimum Gasteiger partial charge on any atom is -0.367 e. The topological polar surface area (TPSA) is 55.1 Å². The van der Waals surface area contributed by atoms with Crippen LogP contribution in [0, 0.1) is 0 Å². The summed E-state index contributed by atoms with van der Waals surface area (Å²) in [6, 6.07) is 0. The van der Waals surface area contributed by atoms with Gasteiger partial charge in [0.15, 0.2) is 4.45 Å². The molecule has 4 heteroatoms. The molecule has 3 nitrogen and oxygen atoms in total. The third-order valence-electron chi connectivity index (χ3n) is 1.95. The molecule has 0 aromatic carbocycles. The molecule has 78 valence electrons. The highest BCUT2D eigenvalue weighted by Crippen LogP contribution is 2.12. The summed E-state index contributed by atoms with van der Waals surface area (Å²) in [5.41, 5.74) is 5.16. The Morgan fingerprint density at radius 3 is 2.54 bits per heavy atom. The smallest absolute Gasteiger partial charge is 0.248 e. The second kappa shape index (κ2) is 6.38. The van der Waals surface area contributed by atoms with Crippen LogP contribution in [0.3, 0.4) is 0 Å². The molecule has 1 atom stereocenters.